The normalized spacial score (nSPS) is 12.0. The minimum atomic E-state index is -0.589. The molecule has 0 spiro atoms. The molecule has 0 aliphatic heterocycles. The number of hydrogen-bond acceptors (Lipinski definition) is 6. The van der Waals surface area contributed by atoms with Crippen LogP contribution in [0, 0.1) is 0 Å². The van der Waals surface area contributed by atoms with Gasteiger partial charge in [-0.1, -0.05) is 5.16 Å². The molecule has 0 unspecified atom stereocenters. The van der Waals surface area contributed by atoms with E-state index in [1.165, 1.54) is 0 Å². The van der Waals surface area contributed by atoms with E-state index in [0.29, 0.717) is 24.9 Å². The van der Waals surface area contributed by atoms with Gasteiger partial charge in [0.1, 0.15) is 6.61 Å². The number of ether oxygens (including phenoxy) is 2. The first-order chi connectivity index (χ1) is 7.04. The van der Waals surface area contributed by atoms with Crippen LogP contribution in [0.4, 0.5) is 0 Å². The van der Waals surface area contributed by atoms with Gasteiger partial charge in [-0.25, -0.2) is 0 Å². The van der Waals surface area contributed by atoms with Crippen molar-refractivity contribution in [3.8, 4) is 0 Å². The van der Waals surface area contributed by atoms with Gasteiger partial charge in [0.15, 0.2) is 5.82 Å². The maximum atomic E-state index is 5.80. The molecule has 0 fully saturated rings. The summed E-state index contributed by atoms with van der Waals surface area (Å²) in [7, 11) is 1.62. The second kappa shape index (κ2) is 5.20. The second-order valence-electron chi connectivity index (χ2n) is 3.78. The van der Waals surface area contributed by atoms with Crippen molar-refractivity contribution in [2.24, 2.45) is 5.73 Å². The van der Waals surface area contributed by atoms with Crippen LogP contribution >= 0.6 is 0 Å². The summed E-state index contributed by atoms with van der Waals surface area (Å²) in [6.45, 7) is 4.96. The maximum Gasteiger partial charge on any atom is 0.252 e. The first-order valence-electron chi connectivity index (χ1n) is 4.72. The molecule has 0 aliphatic carbocycles. The maximum absolute atomic E-state index is 5.80. The standard InChI is InChI=1S/C9H17N3O3/c1-9(2,10)8-11-7(15-12-8)6-14-5-4-13-3/h4-6,10H2,1-3H3. The van der Waals surface area contributed by atoms with Crippen LogP contribution in [0.15, 0.2) is 4.52 Å². The quantitative estimate of drug-likeness (QED) is 0.693. The largest absolute Gasteiger partial charge is 0.382 e. The zero-order chi connectivity index (χ0) is 11.3. The third-order valence-corrected chi connectivity index (χ3v) is 1.70. The zero-order valence-corrected chi connectivity index (χ0v) is 9.32. The van der Waals surface area contributed by atoms with E-state index in [1.807, 2.05) is 13.8 Å². The number of nitrogens with zero attached hydrogens (tertiary/aromatic N) is 2. The molecule has 1 rings (SSSR count). The van der Waals surface area contributed by atoms with Crippen molar-refractivity contribution in [2.75, 3.05) is 20.3 Å². The Morgan fingerprint density at radius 3 is 2.67 bits per heavy atom. The molecule has 1 heterocycles. The molecule has 2 N–H and O–H groups in total. The van der Waals surface area contributed by atoms with Crippen LogP contribution in [-0.4, -0.2) is 30.5 Å². The lowest BCUT2D eigenvalue weighted by Gasteiger charge is -2.11. The number of hydrogen-bond donors (Lipinski definition) is 1. The smallest absolute Gasteiger partial charge is 0.252 e. The lowest BCUT2D eigenvalue weighted by Crippen LogP contribution is -2.30. The molecular weight excluding hydrogens is 198 g/mol. The lowest BCUT2D eigenvalue weighted by molar-refractivity contribution is 0.0494. The fourth-order valence-corrected chi connectivity index (χ4v) is 0.877. The van der Waals surface area contributed by atoms with Crippen molar-refractivity contribution in [2.45, 2.75) is 26.0 Å². The molecule has 0 atom stereocenters. The molecule has 1 aromatic rings. The number of aromatic nitrogens is 2. The highest BCUT2D eigenvalue weighted by atomic mass is 16.5. The second-order valence-corrected chi connectivity index (χ2v) is 3.78. The molecule has 0 bridgehead atoms. The lowest BCUT2D eigenvalue weighted by atomic mass is 10.1. The Labute approximate surface area is 88.7 Å². The molecule has 0 aromatic carbocycles. The van der Waals surface area contributed by atoms with Crippen molar-refractivity contribution >= 4 is 0 Å². The van der Waals surface area contributed by atoms with Gasteiger partial charge in [-0.15, -0.1) is 0 Å². The third-order valence-electron chi connectivity index (χ3n) is 1.70. The van der Waals surface area contributed by atoms with Crippen molar-refractivity contribution < 1.29 is 14.0 Å². The zero-order valence-electron chi connectivity index (χ0n) is 9.32. The van der Waals surface area contributed by atoms with Gasteiger partial charge in [0, 0.05) is 7.11 Å². The highest BCUT2D eigenvalue weighted by molar-refractivity contribution is 4.98. The number of methoxy groups -OCH3 is 1. The van der Waals surface area contributed by atoms with Crippen LogP contribution in [0.2, 0.25) is 0 Å². The Kier molecular flexibility index (Phi) is 4.19. The summed E-state index contributed by atoms with van der Waals surface area (Å²) in [6.07, 6.45) is 0. The Balaban J connectivity index is 2.40. The number of rotatable bonds is 6. The Bertz CT molecular complexity index is 293. The van der Waals surface area contributed by atoms with Crippen molar-refractivity contribution in [3.05, 3.63) is 11.7 Å². The fourth-order valence-electron chi connectivity index (χ4n) is 0.877. The summed E-state index contributed by atoms with van der Waals surface area (Å²) in [5.41, 5.74) is 5.21. The summed E-state index contributed by atoms with van der Waals surface area (Å²) in [6, 6.07) is 0. The van der Waals surface area contributed by atoms with Crippen LogP contribution in [0.3, 0.4) is 0 Å². The molecule has 6 heteroatoms. The summed E-state index contributed by atoms with van der Waals surface area (Å²) in [5.74, 6) is 0.910. The highest BCUT2D eigenvalue weighted by Crippen LogP contribution is 2.12. The first kappa shape index (κ1) is 12.1. The van der Waals surface area contributed by atoms with Crippen LogP contribution in [0.5, 0.6) is 0 Å². The van der Waals surface area contributed by atoms with E-state index < -0.39 is 5.54 Å². The van der Waals surface area contributed by atoms with E-state index in [4.69, 9.17) is 19.7 Å². The minimum absolute atomic E-state index is 0.284. The molecule has 15 heavy (non-hydrogen) atoms. The Hall–Kier alpha value is -0.980. The SMILES string of the molecule is COCCOCc1nc(C(C)(C)N)no1. The van der Waals surface area contributed by atoms with E-state index in [-0.39, 0.29) is 6.61 Å². The minimum Gasteiger partial charge on any atom is -0.382 e. The average Bonchev–Trinajstić information content (AvgIpc) is 2.60. The van der Waals surface area contributed by atoms with E-state index in [0.717, 1.165) is 0 Å². The first-order valence-corrected chi connectivity index (χ1v) is 4.72. The van der Waals surface area contributed by atoms with Gasteiger partial charge >= 0.3 is 0 Å². The van der Waals surface area contributed by atoms with E-state index >= 15 is 0 Å². The summed E-state index contributed by atoms with van der Waals surface area (Å²) < 4.78 is 15.0. The molecule has 0 radical (unpaired) electrons. The van der Waals surface area contributed by atoms with Crippen molar-refractivity contribution in [3.63, 3.8) is 0 Å². The van der Waals surface area contributed by atoms with Gasteiger partial charge in [0.2, 0.25) is 0 Å². The molecule has 1 aromatic heterocycles. The molecule has 86 valence electrons. The molecule has 0 amide bonds. The van der Waals surface area contributed by atoms with Crippen LogP contribution in [-0.2, 0) is 21.6 Å². The van der Waals surface area contributed by atoms with Crippen LogP contribution in [0.25, 0.3) is 0 Å². The highest BCUT2D eigenvalue weighted by Gasteiger charge is 2.21. The summed E-state index contributed by atoms with van der Waals surface area (Å²) in [5, 5.41) is 3.76. The van der Waals surface area contributed by atoms with Crippen LogP contribution < -0.4 is 5.73 Å². The van der Waals surface area contributed by atoms with Crippen molar-refractivity contribution in [1.82, 2.24) is 10.1 Å². The van der Waals surface area contributed by atoms with Crippen molar-refractivity contribution in [1.29, 1.82) is 0 Å². The monoisotopic (exact) mass is 215 g/mol. The van der Waals surface area contributed by atoms with E-state index in [2.05, 4.69) is 10.1 Å². The average molecular weight is 215 g/mol. The topological polar surface area (TPSA) is 83.4 Å². The van der Waals surface area contributed by atoms with Crippen LogP contribution in [0.1, 0.15) is 25.6 Å². The molecule has 6 nitrogen and oxygen atoms in total. The van der Waals surface area contributed by atoms with Gasteiger partial charge in [0.05, 0.1) is 18.8 Å². The molecule has 0 saturated carbocycles. The fraction of sp³-hybridized carbons (Fsp3) is 0.778. The summed E-state index contributed by atoms with van der Waals surface area (Å²) in [4.78, 5) is 4.11. The third kappa shape index (κ3) is 3.94. The predicted molar refractivity (Wildman–Crippen MR) is 53.0 cm³/mol. The summed E-state index contributed by atoms with van der Waals surface area (Å²) >= 11 is 0. The molecular formula is C9H17N3O3. The molecule has 0 aliphatic rings. The molecule has 0 saturated heterocycles. The van der Waals surface area contributed by atoms with Gasteiger partial charge < -0.3 is 19.7 Å². The number of nitrogens with two attached hydrogens (primary N) is 1. The Morgan fingerprint density at radius 1 is 1.40 bits per heavy atom. The van der Waals surface area contributed by atoms with Gasteiger partial charge in [-0.05, 0) is 13.8 Å². The Morgan fingerprint density at radius 2 is 2.13 bits per heavy atom. The van der Waals surface area contributed by atoms with Gasteiger partial charge in [-0.2, -0.15) is 4.98 Å². The van der Waals surface area contributed by atoms with E-state index in [9.17, 15) is 0 Å². The van der Waals surface area contributed by atoms with Gasteiger partial charge in [0.25, 0.3) is 5.89 Å². The van der Waals surface area contributed by atoms with E-state index in [1.54, 1.807) is 7.11 Å². The van der Waals surface area contributed by atoms with Gasteiger partial charge in [-0.3, -0.25) is 0 Å². The predicted octanol–water partition coefficient (Wildman–Crippen LogP) is 0.426.